The second kappa shape index (κ2) is 10.8. The Balaban J connectivity index is 1.49. The highest BCUT2D eigenvalue weighted by Gasteiger charge is 2.36. The van der Waals surface area contributed by atoms with Crippen molar-refractivity contribution in [2.45, 2.75) is 0 Å². The summed E-state index contributed by atoms with van der Waals surface area (Å²) in [6.45, 7) is 0. The Hall–Kier alpha value is -5.51. The summed E-state index contributed by atoms with van der Waals surface area (Å²) in [5, 5.41) is 12.2. The molecule has 4 amide bonds. The molecule has 0 aliphatic carbocycles. The number of imide groups is 2. The fourth-order valence-corrected chi connectivity index (χ4v) is 3.49. The van der Waals surface area contributed by atoms with E-state index in [2.05, 4.69) is 10.3 Å². The number of allylic oxidation sites excluding steroid dienone is 6. The Kier molecular flexibility index (Phi) is 7.20. The number of H-pyrrole nitrogens is 1. The highest BCUT2D eigenvalue weighted by Crippen LogP contribution is 2.19. The Morgan fingerprint density at radius 1 is 0.730 bits per heavy atom. The number of hydrogen-bond acceptors (Lipinski definition) is 6. The van der Waals surface area contributed by atoms with E-state index in [0.717, 1.165) is 9.47 Å². The van der Waals surface area contributed by atoms with E-state index in [-0.39, 0.29) is 11.1 Å². The molecule has 1 aromatic heterocycles. The van der Waals surface area contributed by atoms with Gasteiger partial charge < -0.3 is 5.11 Å². The zero-order valence-electron chi connectivity index (χ0n) is 19.2. The van der Waals surface area contributed by atoms with E-state index >= 15 is 0 Å². The van der Waals surface area contributed by atoms with Gasteiger partial charge in [-0.25, -0.2) is 19.1 Å². The van der Waals surface area contributed by atoms with Crippen LogP contribution >= 0.6 is 0 Å². The van der Waals surface area contributed by atoms with E-state index in [4.69, 9.17) is 0 Å². The van der Waals surface area contributed by atoms with Crippen LogP contribution in [0, 0.1) is 0 Å². The fourth-order valence-electron chi connectivity index (χ4n) is 3.49. The summed E-state index contributed by atoms with van der Waals surface area (Å²) < 4.78 is 0.908. The van der Waals surface area contributed by atoms with Crippen molar-refractivity contribution >= 4 is 29.6 Å². The summed E-state index contributed by atoms with van der Waals surface area (Å²) in [5.41, 5.74) is -1.13. The number of nitrogens with zero attached hydrogens (tertiary/aromatic N) is 2. The number of urea groups is 1. The maximum atomic E-state index is 12.8. The Bertz CT molecular complexity index is 1600. The molecule has 0 bridgehead atoms. The van der Waals surface area contributed by atoms with Crippen molar-refractivity contribution < 1.29 is 19.5 Å². The van der Waals surface area contributed by atoms with Crippen molar-refractivity contribution in [2.75, 3.05) is 4.90 Å². The van der Waals surface area contributed by atoms with Crippen LogP contribution in [-0.4, -0.2) is 32.5 Å². The Labute approximate surface area is 209 Å². The average Bonchev–Trinajstić information content (AvgIpc) is 2.87. The molecule has 0 unspecified atom stereocenters. The first-order valence-corrected chi connectivity index (χ1v) is 11.0. The van der Waals surface area contributed by atoms with Crippen LogP contribution in [0.4, 0.5) is 10.5 Å². The van der Waals surface area contributed by atoms with Crippen LogP contribution in [0.3, 0.4) is 0 Å². The Morgan fingerprint density at radius 2 is 1.32 bits per heavy atom. The molecule has 0 saturated carbocycles. The number of aromatic amines is 1. The van der Waals surface area contributed by atoms with Crippen LogP contribution in [-0.2, 0) is 9.59 Å². The number of nitrogens with one attached hydrogen (secondary N) is 2. The molecule has 1 fully saturated rings. The van der Waals surface area contributed by atoms with Crippen LogP contribution in [0.1, 0.15) is 5.56 Å². The van der Waals surface area contributed by atoms with Gasteiger partial charge in [-0.1, -0.05) is 66.8 Å². The van der Waals surface area contributed by atoms with E-state index < -0.39 is 35.0 Å². The van der Waals surface area contributed by atoms with Gasteiger partial charge in [-0.2, -0.15) is 0 Å². The average molecular weight is 496 g/mol. The summed E-state index contributed by atoms with van der Waals surface area (Å²) in [6, 6.07) is 15.7. The second-order valence-corrected chi connectivity index (χ2v) is 7.61. The van der Waals surface area contributed by atoms with Crippen LogP contribution in [0.2, 0.25) is 0 Å². The smallest absolute Gasteiger partial charge is 0.335 e. The predicted octanol–water partition coefficient (Wildman–Crippen LogP) is 2.57. The minimum absolute atomic E-state index is 0.116. The molecule has 3 aromatic rings. The molecule has 1 aliphatic rings. The largest absolute Gasteiger partial charge is 0.494 e. The molecule has 0 spiro atoms. The molecular formula is C27H20N4O6. The van der Waals surface area contributed by atoms with Gasteiger partial charge in [0.05, 0.1) is 11.4 Å². The molecule has 2 heterocycles. The van der Waals surface area contributed by atoms with E-state index in [0.29, 0.717) is 11.4 Å². The summed E-state index contributed by atoms with van der Waals surface area (Å²) in [5.74, 6) is -2.12. The van der Waals surface area contributed by atoms with Gasteiger partial charge in [-0.3, -0.25) is 24.7 Å². The lowest BCUT2D eigenvalue weighted by molar-refractivity contribution is -0.122. The minimum Gasteiger partial charge on any atom is -0.494 e. The highest BCUT2D eigenvalue weighted by atomic mass is 16.3. The van der Waals surface area contributed by atoms with Crippen molar-refractivity contribution in [3.63, 3.8) is 0 Å². The van der Waals surface area contributed by atoms with Crippen molar-refractivity contribution in [3.8, 4) is 11.6 Å². The number of benzene rings is 2. The predicted molar refractivity (Wildman–Crippen MR) is 137 cm³/mol. The third-order valence-electron chi connectivity index (χ3n) is 5.22. The maximum absolute atomic E-state index is 12.8. The molecule has 1 aliphatic heterocycles. The normalized spacial score (nSPS) is 15.4. The van der Waals surface area contributed by atoms with Gasteiger partial charge in [0.25, 0.3) is 17.4 Å². The van der Waals surface area contributed by atoms with E-state index in [1.807, 2.05) is 0 Å². The molecular weight excluding hydrogens is 476 g/mol. The van der Waals surface area contributed by atoms with Gasteiger partial charge in [0, 0.05) is 0 Å². The monoisotopic (exact) mass is 496 g/mol. The molecule has 1 saturated heterocycles. The first kappa shape index (κ1) is 24.6. The van der Waals surface area contributed by atoms with Gasteiger partial charge in [0.1, 0.15) is 11.1 Å². The first-order valence-electron chi connectivity index (χ1n) is 11.0. The van der Waals surface area contributed by atoms with Gasteiger partial charge in [-0.05, 0) is 36.4 Å². The number of anilines is 1. The van der Waals surface area contributed by atoms with Crippen LogP contribution in [0.15, 0.2) is 112 Å². The van der Waals surface area contributed by atoms with E-state index in [9.17, 15) is 29.1 Å². The number of aromatic hydroxyl groups is 1. The lowest BCUT2D eigenvalue weighted by Gasteiger charge is -2.26. The maximum Gasteiger partial charge on any atom is 0.335 e. The van der Waals surface area contributed by atoms with Crippen molar-refractivity contribution in [1.29, 1.82) is 0 Å². The standard InChI is InChI=1S/C27H20N4O6/c32-22-20(24(34)30(26(36)28-22)18-12-6-4-7-13-18)16-10-2-1-3-11-17-21-23(33)29-27(37)31(25(21)35)19-14-8-5-9-15-19/h1-17,32H,(H,28,36)(H,29,33,37). The molecule has 10 heteroatoms. The summed E-state index contributed by atoms with van der Waals surface area (Å²) in [7, 11) is 0. The quantitative estimate of drug-likeness (QED) is 0.272. The number of aromatic nitrogens is 2. The van der Waals surface area contributed by atoms with E-state index in [1.165, 1.54) is 36.5 Å². The number of rotatable bonds is 6. The molecule has 4 rings (SSSR count). The van der Waals surface area contributed by atoms with Crippen LogP contribution in [0.5, 0.6) is 5.88 Å². The fraction of sp³-hybridized carbons (Fsp3) is 0. The molecule has 10 nitrogen and oxygen atoms in total. The molecule has 3 N–H and O–H groups in total. The second-order valence-electron chi connectivity index (χ2n) is 7.61. The van der Waals surface area contributed by atoms with E-state index in [1.54, 1.807) is 66.7 Å². The molecule has 184 valence electrons. The summed E-state index contributed by atoms with van der Waals surface area (Å²) >= 11 is 0. The first-order chi connectivity index (χ1) is 17.9. The number of para-hydroxylation sites is 2. The van der Waals surface area contributed by atoms with Crippen LogP contribution < -0.4 is 21.5 Å². The number of hydrogen-bond donors (Lipinski definition) is 3. The molecule has 0 atom stereocenters. The number of carbonyl (C=O) groups is 3. The lowest BCUT2D eigenvalue weighted by atomic mass is 10.1. The minimum atomic E-state index is -0.829. The molecule has 2 aromatic carbocycles. The zero-order valence-corrected chi connectivity index (χ0v) is 19.2. The Morgan fingerprint density at radius 3 is 2.00 bits per heavy atom. The number of amides is 4. The van der Waals surface area contributed by atoms with Crippen molar-refractivity contribution in [2.24, 2.45) is 0 Å². The summed E-state index contributed by atoms with van der Waals surface area (Å²) in [6.07, 6.45) is 10.1. The summed E-state index contributed by atoms with van der Waals surface area (Å²) in [4.78, 5) is 65.0. The lowest BCUT2D eigenvalue weighted by Crippen LogP contribution is -2.54. The molecule has 37 heavy (non-hydrogen) atoms. The molecule has 0 radical (unpaired) electrons. The van der Waals surface area contributed by atoms with Gasteiger partial charge in [-0.15, -0.1) is 0 Å². The highest BCUT2D eigenvalue weighted by molar-refractivity contribution is 6.37. The van der Waals surface area contributed by atoms with Gasteiger partial charge in [0.2, 0.25) is 5.88 Å². The topological polar surface area (TPSA) is 142 Å². The van der Waals surface area contributed by atoms with Gasteiger partial charge >= 0.3 is 11.7 Å². The van der Waals surface area contributed by atoms with Crippen LogP contribution in [0.25, 0.3) is 11.8 Å². The van der Waals surface area contributed by atoms with Gasteiger partial charge in [0.15, 0.2) is 0 Å². The third kappa shape index (κ3) is 5.28. The SMILES string of the molecule is O=C1NC(=O)N(c2ccccc2)C(=O)C1=CC=CC=CC=Cc1c(O)[nH]c(=O)n(-c2ccccc2)c1=O. The number of barbiturate groups is 1. The number of carbonyl (C=O) groups excluding carboxylic acids is 3. The zero-order chi connectivity index (χ0) is 26.4. The van der Waals surface area contributed by atoms with Crippen molar-refractivity contribution in [1.82, 2.24) is 14.9 Å². The third-order valence-corrected chi connectivity index (χ3v) is 5.22. The van der Waals surface area contributed by atoms with Crippen molar-refractivity contribution in [3.05, 3.63) is 129 Å².